The topological polar surface area (TPSA) is 90.4 Å². The summed E-state index contributed by atoms with van der Waals surface area (Å²) in [7, 11) is 0. The van der Waals surface area contributed by atoms with Gasteiger partial charge in [-0.1, -0.05) is 23.5 Å². The van der Waals surface area contributed by atoms with E-state index in [1.165, 1.54) is 18.2 Å². The molecule has 0 bridgehead atoms. The van der Waals surface area contributed by atoms with Crippen molar-refractivity contribution in [3.63, 3.8) is 0 Å². The second kappa shape index (κ2) is 8.18. The van der Waals surface area contributed by atoms with Crippen LogP contribution in [0.2, 0.25) is 0 Å². The van der Waals surface area contributed by atoms with Crippen molar-refractivity contribution in [2.45, 2.75) is 13.3 Å². The van der Waals surface area contributed by atoms with Crippen molar-refractivity contribution >= 4 is 28.3 Å². The van der Waals surface area contributed by atoms with E-state index in [9.17, 15) is 14.0 Å². The van der Waals surface area contributed by atoms with Gasteiger partial charge in [-0.25, -0.2) is 4.39 Å². The molecule has 0 aliphatic rings. The Hall–Kier alpha value is -2.55. The molecule has 2 aromatic rings. The Kier molecular flexibility index (Phi) is 5.98. The average molecular weight is 339 g/mol. The van der Waals surface area contributed by atoms with E-state index in [1.54, 1.807) is 13.0 Å². The molecule has 1 N–H and O–H groups in total. The largest absolute Gasteiger partial charge is 0.481 e. The molecule has 0 atom stereocenters. The quantitative estimate of drug-likeness (QED) is 0.774. The van der Waals surface area contributed by atoms with Crippen LogP contribution in [-0.4, -0.2) is 35.3 Å². The van der Waals surface area contributed by atoms with Crippen LogP contribution in [-0.2, 0) is 20.7 Å². The van der Waals surface area contributed by atoms with Gasteiger partial charge in [-0.3, -0.25) is 14.9 Å². The van der Waals surface area contributed by atoms with Crippen molar-refractivity contribution in [2.75, 3.05) is 18.5 Å². The third-order valence-electron chi connectivity index (χ3n) is 2.51. The van der Waals surface area contributed by atoms with Crippen LogP contribution in [0.15, 0.2) is 24.3 Å². The van der Waals surface area contributed by atoms with E-state index in [0.29, 0.717) is 5.01 Å². The molecule has 0 aliphatic carbocycles. The number of esters is 1. The first-order valence-corrected chi connectivity index (χ1v) is 7.55. The van der Waals surface area contributed by atoms with Gasteiger partial charge in [0.05, 0.1) is 13.0 Å². The van der Waals surface area contributed by atoms with E-state index in [0.717, 1.165) is 11.3 Å². The highest BCUT2D eigenvalue weighted by molar-refractivity contribution is 7.15. The molecule has 9 heteroatoms. The molecule has 2 rings (SSSR count). The zero-order valence-electron chi connectivity index (χ0n) is 12.2. The smallest absolute Gasteiger partial charge is 0.312 e. The van der Waals surface area contributed by atoms with Crippen LogP contribution in [0.25, 0.3) is 0 Å². The third-order valence-corrected chi connectivity index (χ3v) is 3.35. The van der Waals surface area contributed by atoms with Crippen molar-refractivity contribution < 1.29 is 23.5 Å². The first-order valence-electron chi connectivity index (χ1n) is 6.73. The maximum atomic E-state index is 13.3. The predicted octanol–water partition coefficient (Wildman–Crippen LogP) is 1.80. The monoisotopic (exact) mass is 339 g/mol. The minimum absolute atomic E-state index is 0.00684. The molecule has 1 heterocycles. The Morgan fingerprint density at radius 1 is 1.30 bits per heavy atom. The molecule has 7 nitrogen and oxygen atoms in total. The van der Waals surface area contributed by atoms with Gasteiger partial charge in [0.15, 0.2) is 18.2 Å². The number of carbonyl (C=O) groups is 2. The number of halogens is 1. The fourth-order valence-electron chi connectivity index (χ4n) is 1.57. The lowest BCUT2D eigenvalue weighted by Crippen LogP contribution is -2.20. The minimum atomic E-state index is -0.548. The SMILES string of the molecule is CCOC(=O)Cc1nnc(NC(=O)COc2ccccc2F)s1. The summed E-state index contributed by atoms with van der Waals surface area (Å²) >= 11 is 1.06. The fraction of sp³-hybridized carbons (Fsp3) is 0.286. The summed E-state index contributed by atoms with van der Waals surface area (Å²) < 4.78 is 23.2. The normalized spacial score (nSPS) is 10.2. The highest BCUT2D eigenvalue weighted by Crippen LogP contribution is 2.17. The summed E-state index contributed by atoms with van der Waals surface area (Å²) in [5.74, 6) is -1.48. The van der Waals surface area contributed by atoms with Crippen LogP contribution < -0.4 is 10.1 Å². The van der Waals surface area contributed by atoms with Gasteiger partial charge in [-0.15, -0.1) is 10.2 Å². The van der Waals surface area contributed by atoms with E-state index in [2.05, 4.69) is 15.5 Å². The molecule has 1 amide bonds. The molecule has 0 unspecified atom stereocenters. The predicted molar refractivity (Wildman–Crippen MR) is 80.8 cm³/mol. The van der Waals surface area contributed by atoms with Crippen molar-refractivity contribution in [2.24, 2.45) is 0 Å². The van der Waals surface area contributed by atoms with Gasteiger partial charge in [0.1, 0.15) is 5.01 Å². The number of rotatable bonds is 7. The molecule has 0 radical (unpaired) electrons. The molecule has 0 saturated heterocycles. The highest BCUT2D eigenvalue weighted by atomic mass is 32.1. The van der Waals surface area contributed by atoms with Crippen LogP contribution in [0.5, 0.6) is 5.75 Å². The second-order valence-electron chi connectivity index (χ2n) is 4.25. The van der Waals surface area contributed by atoms with Crippen LogP contribution in [0, 0.1) is 5.82 Å². The van der Waals surface area contributed by atoms with Crippen molar-refractivity contribution in [3.05, 3.63) is 35.1 Å². The molecule has 0 spiro atoms. The van der Waals surface area contributed by atoms with Gasteiger partial charge >= 0.3 is 5.97 Å². The lowest BCUT2D eigenvalue weighted by Gasteiger charge is -2.05. The summed E-state index contributed by atoms with van der Waals surface area (Å²) in [6.45, 7) is 1.63. The molecule has 0 saturated carbocycles. The summed E-state index contributed by atoms with van der Waals surface area (Å²) in [4.78, 5) is 23.0. The number of carbonyl (C=O) groups excluding carboxylic acids is 2. The number of hydrogen-bond acceptors (Lipinski definition) is 7. The highest BCUT2D eigenvalue weighted by Gasteiger charge is 2.13. The third kappa shape index (κ3) is 5.29. The number of nitrogens with zero attached hydrogens (tertiary/aromatic N) is 2. The second-order valence-corrected chi connectivity index (χ2v) is 5.31. The molecule has 1 aromatic heterocycles. The Morgan fingerprint density at radius 3 is 2.83 bits per heavy atom. The molecule has 1 aromatic carbocycles. The number of nitrogens with one attached hydrogen (secondary N) is 1. The van der Waals surface area contributed by atoms with Crippen molar-refractivity contribution in [1.29, 1.82) is 0 Å². The Balaban J connectivity index is 1.82. The van der Waals surface area contributed by atoms with Crippen LogP contribution in [0.4, 0.5) is 9.52 Å². The molecule has 23 heavy (non-hydrogen) atoms. The van der Waals surface area contributed by atoms with Gasteiger partial charge in [0.2, 0.25) is 5.13 Å². The number of aromatic nitrogens is 2. The molecular weight excluding hydrogens is 325 g/mol. The van der Waals surface area contributed by atoms with Crippen LogP contribution in [0.3, 0.4) is 0 Å². The lowest BCUT2D eigenvalue weighted by molar-refractivity contribution is -0.142. The van der Waals surface area contributed by atoms with Gasteiger partial charge < -0.3 is 9.47 Å². The van der Waals surface area contributed by atoms with Gasteiger partial charge in [0, 0.05) is 0 Å². The number of benzene rings is 1. The van der Waals surface area contributed by atoms with Gasteiger partial charge in [0.25, 0.3) is 5.91 Å². The number of ether oxygens (including phenoxy) is 2. The van der Waals surface area contributed by atoms with E-state index < -0.39 is 17.7 Å². The molecule has 122 valence electrons. The number of hydrogen-bond donors (Lipinski definition) is 1. The maximum Gasteiger partial charge on any atom is 0.312 e. The van der Waals surface area contributed by atoms with Crippen LogP contribution >= 0.6 is 11.3 Å². The maximum absolute atomic E-state index is 13.3. The van der Waals surface area contributed by atoms with E-state index >= 15 is 0 Å². The Morgan fingerprint density at radius 2 is 2.09 bits per heavy atom. The van der Waals surface area contributed by atoms with Crippen molar-refractivity contribution in [1.82, 2.24) is 10.2 Å². The molecule has 0 aliphatic heterocycles. The summed E-state index contributed by atoms with van der Waals surface area (Å²) in [6, 6.07) is 5.78. The summed E-state index contributed by atoms with van der Waals surface area (Å²) in [5.41, 5.74) is 0. The zero-order chi connectivity index (χ0) is 16.7. The number of amides is 1. The van der Waals surface area contributed by atoms with E-state index in [1.807, 2.05) is 0 Å². The molecular formula is C14H14FN3O4S. The van der Waals surface area contributed by atoms with E-state index in [4.69, 9.17) is 9.47 Å². The fourth-order valence-corrected chi connectivity index (χ4v) is 2.31. The van der Waals surface area contributed by atoms with E-state index in [-0.39, 0.29) is 30.5 Å². The lowest BCUT2D eigenvalue weighted by atomic mass is 10.3. The summed E-state index contributed by atoms with van der Waals surface area (Å²) in [5, 5.41) is 10.6. The molecule has 0 fully saturated rings. The number of para-hydroxylation sites is 1. The Bertz CT molecular complexity index is 692. The van der Waals surface area contributed by atoms with Gasteiger partial charge in [-0.05, 0) is 19.1 Å². The number of anilines is 1. The average Bonchev–Trinajstić information content (AvgIpc) is 2.93. The van der Waals surface area contributed by atoms with Crippen LogP contribution in [0.1, 0.15) is 11.9 Å². The standard InChI is InChI=1S/C14H14FN3O4S/c1-2-21-13(20)7-12-17-18-14(23-12)16-11(19)8-22-10-6-4-3-5-9(10)15/h3-6H,2,7-8H2,1H3,(H,16,18,19). The van der Waals surface area contributed by atoms with Crippen molar-refractivity contribution in [3.8, 4) is 5.75 Å². The first kappa shape index (κ1) is 16.8. The summed E-state index contributed by atoms with van der Waals surface area (Å²) in [6.07, 6.45) is -0.00684. The van der Waals surface area contributed by atoms with Gasteiger partial charge in [-0.2, -0.15) is 0 Å². The first-order chi connectivity index (χ1) is 11.1. The minimum Gasteiger partial charge on any atom is -0.481 e. The zero-order valence-corrected chi connectivity index (χ0v) is 13.1. The Labute approximate surface area is 135 Å².